The smallest absolute Gasteiger partial charge is 0.249 e. The van der Waals surface area contributed by atoms with Crippen molar-refractivity contribution in [2.45, 2.75) is 12.5 Å². The van der Waals surface area contributed by atoms with Crippen molar-refractivity contribution in [2.75, 3.05) is 5.32 Å². The lowest BCUT2D eigenvalue weighted by Gasteiger charge is -2.10. The number of carbonyl (C=O) groups is 1. The van der Waals surface area contributed by atoms with Gasteiger partial charge in [0.25, 0.3) is 0 Å². The Morgan fingerprint density at radius 3 is 3.00 bits per heavy atom. The van der Waals surface area contributed by atoms with Crippen LogP contribution in [0.5, 0.6) is 0 Å². The molecule has 2 aromatic heterocycles. The number of benzene rings is 1. The van der Waals surface area contributed by atoms with Gasteiger partial charge in [0.05, 0.1) is 18.4 Å². The lowest BCUT2D eigenvalue weighted by atomic mass is 10.1. The minimum absolute atomic E-state index is 0.150. The average Bonchev–Trinajstić information content (AvgIpc) is 2.91. The number of anilines is 1. The molecule has 3 aromatic rings. The van der Waals surface area contributed by atoms with Crippen LogP contribution in [0.1, 0.15) is 5.56 Å². The molecule has 1 aromatic carbocycles. The lowest BCUT2D eigenvalue weighted by molar-refractivity contribution is -0.117. The molecule has 7 heteroatoms. The van der Waals surface area contributed by atoms with E-state index in [2.05, 4.69) is 25.5 Å². The number of aromatic amines is 1. The van der Waals surface area contributed by atoms with E-state index in [1.165, 1.54) is 12.4 Å². The number of carbonyl (C=O) groups excluding carboxylic acids is 1. The molecule has 0 aliphatic rings. The molecule has 0 radical (unpaired) electrons. The molecule has 106 valence electrons. The first-order chi connectivity index (χ1) is 10.2. The number of amides is 1. The van der Waals surface area contributed by atoms with Crippen molar-refractivity contribution in [1.29, 1.82) is 0 Å². The summed E-state index contributed by atoms with van der Waals surface area (Å²) in [5.41, 5.74) is 7.97. The van der Waals surface area contributed by atoms with Crippen molar-refractivity contribution in [3.05, 3.63) is 48.4 Å². The van der Waals surface area contributed by atoms with Gasteiger partial charge in [-0.1, -0.05) is 18.2 Å². The Balaban J connectivity index is 1.71. The summed E-state index contributed by atoms with van der Waals surface area (Å²) in [6.07, 6.45) is 5.18. The zero-order chi connectivity index (χ0) is 14.7. The standard InChI is InChI=1S/C14H14N6O/c15-11(13(21)19-14-16-5-6-18-20-14)7-9-8-17-12-4-2-1-3-10(9)12/h1-6,8,11,17H,7,15H2,(H,16,19,20,21). The van der Waals surface area contributed by atoms with Gasteiger partial charge in [0, 0.05) is 17.1 Å². The second-order valence-corrected chi connectivity index (χ2v) is 4.63. The highest BCUT2D eigenvalue weighted by atomic mass is 16.2. The Kier molecular flexibility index (Phi) is 3.57. The average molecular weight is 282 g/mol. The second-order valence-electron chi connectivity index (χ2n) is 4.63. The van der Waals surface area contributed by atoms with Gasteiger partial charge < -0.3 is 10.7 Å². The third-order valence-electron chi connectivity index (χ3n) is 3.17. The van der Waals surface area contributed by atoms with E-state index in [0.29, 0.717) is 6.42 Å². The van der Waals surface area contributed by atoms with Gasteiger partial charge in [0.15, 0.2) is 0 Å². The van der Waals surface area contributed by atoms with Crippen LogP contribution in [-0.2, 0) is 11.2 Å². The van der Waals surface area contributed by atoms with Gasteiger partial charge >= 0.3 is 0 Å². The largest absolute Gasteiger partial charge is 0.361 e. The fourth-order valence-corrected chi connectivity index (χ4v) is 2.14. The summed E-state index contributed by atoms with van der Waals surface area (Å²) < 4.78 is 0. The molecule has 21 heavy (non-hydrogen) atoms. The molecule has 0 saturated heterocycles. The maximum Gasteiger partial charge on any atom is 0.249 e. The van der Waals surface area contributed by atoms with E-state index in [4.69, 9.17) is 5.73 Å². The Hall–Kier alpha value is -2.80. The van der Waals surface area contributed by atoms with Crippen LogP contribution >= 0.6 is 0 Å². The Bertz CT molecular complexity index is 754. The Morgan fingerprint density at radius 2 is 2.19 bits per heavy atom. The topological polar surface area (TPSA) is 110 Å². The third-order valence-corrected chi connectivity index (χ3v) is 3.17. The highest BCUT2D eigenvalue weighted by Crippen LogP contribution is 2.18. The molecule has 0 fully saturated rings. The van der Waals surface area contributed by atoms with E-state index < -0.39 is 6.04 Å². The molecule has 1 unspecified atom stereocenters. The summed E-state index contributed by atoms with van der Waals surface area (Å²) in [5, 5.41) is 10.9. The monoisotopic (exact) mass is 282 g/mol. The number of fused-ring (bicyclic) bond motifs is 1. The van der Waals surface area contributed by atoms with E-state index in [1.807, 2.05) is 30.5 Å². The summed E-state index contributed by atoms with van der Waals surface area (Å²) in [6, 6.07) is 7.20. The normalized spacial score (nSPS) is 12.2. The van der Waals surface area contributed by atoms with Gasteiger partial charge in [0.2, 0.25) is 11.9 Å². The van der Waals surface area contributed by atoms with E-state index in [-0.39, 0.29) is 11.9 Å². The van der Waals surface area contributed by atoms with Crippen LogP contribution in [0.15, 0.2) is 42.9 Å². The molecule has 0 bridgehead atoms. The summed E-state index contributed by atoms with van der Waals surface area (Å²) >= 11 is 0. The van der Waals surface area contributed by atoms with Crippen molar-refractivity contribution in [3.63, 3.8) is 0 Å². The van der Waals surface area contributed by atoms with Gasteiger partial charge in [-0.2, -0.15) is 5.10 Å². The van der Waals surface area contributed by atoms with Crippen molar-refractivity contribution >= 4 is 22.8 Å². The minimum atomic E-state index is -0.687. The molecule has 4 N–H and O–H groups in total. The number of hydrogen-bond acceptors (Lipinski definition) is 5. The quantitative estimate of drug-likeness (QED) is 0.657. The fraction of sp³-hybridized carbons (Fsp3) is 0.143. The Morgan fingerprint density at radius 1 is 1.33 bits per heavy atom. The van der Waals surface area contributed by atoms with Crippen molar-refractivity contribution < 1.29 is 4.79 Å². The number of hydrogen-bond donors (Lipinski definition) is 3. The predicted molar refractivity (Wildman–Crippen MR) is 78.4 cm³/mol. The minimum Gasteiger partial charge on any atom is -0.361 e. The van der Waals surface area contributed by atoms with Gasteiger partial charge in [-0.05, 0) is 18.1 Å². The molecular weight excluding hydrogens is 268 g/mol. The number of aromatic nitrogens is 4. The molecule has 7 nitrogen and oxygen atoms in total. The van der Waals surface area contributed by atoms with Crippen LogP contribution in [0.3, 0.4) is 0 Å². The molecule has 3 rings (SSSR count). The molecule has 0 aliphatic heterocycles. The zero-order valence-corrected chi connectivity index (χ0v) is 11.2. The number of rotatable bonds is 4. The second kappa shape index (κ2) is 5.68. The van der Waals surface area contributed by atoms with Crippen LogP contribution in [0, 0.1) is 0 Å². The van der Waals surface area contributed by atoms with Gasteiger partial charge in [-0.15, -0.1) is 5.10 Å². The van der Waals surface area contributed by atoms with Gasteiger partial charge in [-0.25, -0.2) is 4.98 Å². The first kappa shape index (κ1) is 13.2. The van der Waals surface area contributed by atoms with Crippen LogP contribution < -0.4 is 11.1 Å². The first-order valence-corrected chi connectivity index (χ1v) is 6.49. The number of nitrogens with one attached hydrogen (secondary N) is 2. The maximum atomic E-state index is 12.0. The first-order valence-electron chi connectivity index (χ1n) is 6.49. The fourth-order valence-electron chi connectivity index (χ4n) is 2.14. The van der Waals surface area contributed by atoms with Crippen molar-refractivity contribution in [2.24, 2.45) is 5.73 Å². The maximum absolute atomic E-state index is 12.0. The molecule has 2 heterocycles. The molecule has 1 atom stereocenters. The van der Waals surface area contributed by atoms with Gasteiger partial charge in [-0.3, -0.25) is 10.1 Å². The highest BCUT2D eigenvalue weighted by molar-refractivity contribution is 5.94. The van der Waals surface area contributed by atoms with Crippen LogP contribution in [0.25, 0.3) is 10.9 Å². The Labute approximate surface area is 120 Å². The van der Waals surface area contributed by atoms with Crippen LogP contribution in [0.2, 0.25) is 0 Å². The molecule has 0 spiro atoms. The molecule has 1 amide bonds. The molecular formula is C14H14N6O. The van der Waals surface area contributed by atoms with E-state index in [0.717, 1.165) is 16.5 Å². The number of nitrogens with zero attached hydrogens (tertiary/aromatic N) is 3. The number of para-hydroxylation sites is 1. The predicted octanol–water partition coefficient (Wildman–Crippen LogP) is 0.861. The summed E-state index contributed by atoms with van der Waals surface area (Å²) in [4.78, 5) is 19.1. The summed E-state index contributed by atoms with van der Waals surface area (Å²) in [6.45, 7) is 0. The van der Waals surface area contributed by atoms with Crippen LogP contribution in [0.4, 0.5) is 5.95 Å². The van der Waals surface area contributed by atoms with Crippen LogP contribution in [-0.4, -0.2) is 32.1 Å². The van der Waals surface area contributed by atoms with E-state index in [1.54, 1.807) is 0 Å². The summed E-state index contributed by atoms with van der Waals surface area (Å²) in [5.74, 6) is -0.190. The summed E-state index contributed by atoms with van der Waals surface area (Å²) in [7, 11) is 0. The number of nitrogens with two attached hydrogens (primary N) is 1. The zero-order valence-electron chi connectivity index (χ0n) is 11.2. The van der Waals surface area contributed by atoms with Gasteiger partial charge in [0.1, 0.15) is 0 Å². The van der Waals surface area contributed by atoms with Crippen molar-refractivity contribution in [1.82, 2.24) is 20.2 Å². The van der Waals surface area contributed by atoms with E-state index in [9.17, 15) is 4.79 Å². The SMILES string of the molecule is NC(Cc1c[nH]c2ccccc12)C(=O)Nc1nccnn1. The van der Waals surface area contributed by atoms with Crippen molar-refractivity contribution in [3.8, 4) is 0 Å². The molecule has 0 aliphatic carbocycles. The highest BCUT2D eigenvalue weighted by Gasteiger charge is 2.17. The number of H-pyrrole nitrogens is 1. The third kappa shape index (κ3) is 2.87. The lowest BCUT2D eigenvalue weighted by Crippen LogP contribution is -2.37. The molecule has 0 saturated carbocycles. The van der Waals surface area contributed by atoms with E-state index >= 15 is 0 Å².